The van der Waals surface area contributed by atoms with Crippen molar-refractivity contribution in [2.75, 3.05) is 6.61 Å². The molecule has 1 aromatic carbocycles. The maximum Gasteiger partial charge on any atom is 0.336 e. The third-order valence-electron chi connectivity index (χ3n) is 2.33. The summed E-state index contributed by atoms with van der Waals surface area (Å²) in [6.07, 6.45) is 2.15. The SMILES string of the molecule is Cc1cc(C)cc(OC(=O)/C=C/C(=O)OCC(C)C)c1. The molecule has 0 aliphatic carbocycles. The molecule has 108 valence electrons. The van der Waals surface area contributed by atoms with Crippen LogP contribution < -0.4 is 4.74 Å². The largest absolute Gasteiger partial charge is 0.462 e. The Balaban J connectivity index is 2.52. The second-order valence-electron chi connectivity index (χ2n) is 5.10. The van der Waals surface area contributed by atoms with Crippen LogP contribution in [-0.2, 0) is 14.3 Å². The molecular formula is C16H20O4. The zero-order valence-corrected chi connectivity index (χ0v) is 12.3. The molecule has 0 fully saturated rings. The van der Waals surface area contributed by atoms with Gasteiger partial charge in [-0.3, -0.25) is 0 Å². The normalized spacial score (nSPS) is 10.8. The van der Waals surface area contributed by atoms with Gasteiger partial charge in [0.15, 0.2) is 0 Å². The summed E-state index contributed by atoms with van der Waals surface area (Å²) in [5.74, 6) is -0.421. The maximum atomic E-state index is 11.6. The van der Waals surface area contributed by atoms with Gasteiger partial charge < -0.3 is 9.47 Å². The van der Waals surface area contributed by atoms with Crippen LogP contribution in [-0.4, -0.2) is 18.5 Å². The van der Waals surface area contributed by atoms with Crippen molar-refractivity contribution in [3.8, 4) is 5.75 Å². The fourth-order valence-corrected chi connectivity index (χ4v) is 1.57. The van der Waals surface area contributed by atoms with Crippen LogP contribution in [0, 0.1) is 19.8 Å². The third kappa shape index (κ3) is 6.18. The third-order valence-corrected chi connectivity index (χ3v) is 2.33. The maximum absolute atomic E-state index is 11.6. The smallest absolute Gasteiger partial charge is 0.336 e. The summed E-state index contributed by atoms with van der Waals surface area (Å²) < 4.78 is 10.0. The Bertz CT molecular complexity index is 495. The first-order chi connectivity index (χ1) is 9.36. The lowest BCUT2D eigenvalue weighted by molar-refractivity contribution is -0.139. The number of rotatable bonds is 5. The second kappa shape index (κ2) is 7.48. The molecule has 4 heteroatoms. The van der Waals surface area contributed by atoms with E-state index >= 15 is 0 Å². The van der Waals surface area contributed by atoms with Crippen LogP contribution in [0.4, 0.5) is 0 Å². The van der Waals surface area contributed by atoms with Crippen LogP contribution in [0.25, 0.3) is 0 Å². The minimum atomic E-state index is -0.600. The second-order valence-corrected chi connectivity index (χ2v) is 5.10. The lowest BCUT2D eigenvalue weighted by Gasteiger charge is -2.05. The van der Waals surface area contributed by atoms with E-state index in [1.54, 1.807) is 12.1 Å². The number of hydrogen-bond acceptors (Lipinski definition) is 4. The first-order valence-electron chi connectivity index (χ1n) is 6.51. The highest BCUT2D eigenvalue weighted by Gasteiger charge is 2.04. The molecule has 0 bridgehead atoms. The molecule has 0 unspecified atom stereocenters. The summed E-state index contributed by atoms with van der Waals surface area (Å²) in [7, 11) is 0. The predicted octanol–water partition coefficient (Wildman–Crippen LogP) is 2.96. The fourth-order valence-electron chi connectivity index (χ4n) is 1.57. The van der Waals surface area contributed by atoms with Crippen molar-refractivity contribution in [3.63, 3.8) is 0 Å². The van der Waals surface area contributed by atoms with E-state index in [2.05, 4.69) is 0 Å². The summed E-state index contributed by atoms with van der Waals surface area (Å²) in [6, 6.07) is 5.50. The average Bonchev–Trinajstić information content (AvgIpc) is 2.32. The summed E-state index contributed by atoms with van der Waals surface area (Å²) in [6.45, 7) is 8.04. The Morgan fingerprint density at radius 2 is 1.60 bits per heavy atom. The molecule has 1 rings (SSSR count). The number of aryl methyl sites for hydroxylation is 2. The van der Waals surface area contributed by atoms with Gasteiger partial charge in [0.05, 0.1) is 6.61 Å². The zero-order valence-electron chi connectivity index (χ0n) is 12.3. The average molecular weight is 276 g/mol. The van der Waals surface area contributed by atoms with E-state index in [4.69, 9.17) is 9.47 Å². The number of ether oxygens (including phenoxy) is 2. The van der Waals surface area contributed by atoms with Crippen molar-refractivity contribution in [3.05, 3.63) is 41.5 Å². The molecular weight excluding hydrogens is 256 g/mol. The van der Waals surface area contributed by atoms with E-state index in [1.165, 1.54) is 0 Å². The van der Waals surface area contributed by atoms with Crippen LogP contribution in [0.15, 0.2) is 30.4 Å². The monoisotopic (exact) mass is 276 g/mol. The van der Waals surface area contributed by atoms with Crippen LogP contribution in [0.2, 0.25) is 0 Å². The van der Waals surface area contributed by atoms with Crippen molar-refractivity contribution in [2.24, 2.45) is 5.92 Å². The summed E-state index contributed by atoms with van der Waals surface area (Å²) in [5.41, 5.74) is 2.02. The van der Waals surface area contributed by atoms with Gasteiger partial charge in [-0.15, -0.1) is 0 Å². The fraction of sp³-hybridized carbons (Fsp3) is 0.375. The minimum Gasteiger partial charge on any atom is -0.462 e. The highest BCUT2D eigenvalue weighted by atomic mass is 16.5. The van der Waals surface area contributed by atoms with E-state index in [9.17, 15) is 9.59 Å². The molecule has 20 heavy (non-hydrogen) atoms. The molecule has 0 aliphatic heterocycles. The van der Waals surface area contributed by atoms with Crippen molar-refractivity contribution in [1.82, 2.24) is 0 Å². The number of hydrogen-bond donors (Lipinski definition) is 0. The van der Waals surface area contributed by atoms with E-state index < -0.39 is 11.9 Å². The predicted molar refractivity (Wildman–Crippen MR) is 76.5 cm³/mol. The van der Waals surface area contributed by atoms with Gasteiger partial charge in [0, 0.05) is 12.2 Å². The van der Waals surface area contributed by atoms with Gasteiger partial charge in [-0.1, -0.05) is 19.9 Å². The molecule has 0 saturated heterocycles. The van der Waals surface area contributed by atoms with Crippen LogP contribution in [0.5, 0.6) is 5.75 Å². The Kier molecular flexibility index (Phi) is 5.97. The standard InChI is InChI=1S/C16H20O4/c1-11(2)10-19-15(17)5-6-16(18)20-14-8-12(3)7-13(4)9-14/h5-9,11H,10H2,1-4H3/b6-5+. The number of carbonyl (C=O) groups excluding carboxylic acids is 2. The van der Waals surface area contributed by atoms with Gasteiger partial charge in [0.2, 0.25) is 0 Å². The lowest BCUT2D eigenvalue weighted by Crippen LogP contribution is -2.09. The molecule has 1 aromatic rings. The van der Waals surface area contributed by atoms with Crippen molar-refractivity contribution < 1.29 is 19.1 Å². The van der Waals surface area contributed by atoms with Crippen LogP contribution >= 0.6 is 0 Å². The topological polar surface area (TPSA) is 52.6 Å². The number of esters is 2. The van der Waals surface area contributed by atoms with Gasteiger partial charge in [-0.05, 0) is 43.0 Å². The van der Waals surface area contributed by atoms with Gasteiger partial charge in [0.25, 0.3) is 0 Å². The first kappa shape index (κ1) is 16.0. The van der Waals surface area contributed by atoms with E-state index in [0.29, 0.717) is 12.4 Å². The van der Waals surface area contributed by atoms with Gasteiger partial charge in [-0.2, -0.15) is 0 Å². The highest BCUT2D eigenvalue weighted by Crippen LogP contribution is 2.16. The van der Waals surface area contributed by atoms with E-state index in [1.807, 2.05) is 33.8 Å². The van der Waals surface area contributed by atoms with Crippen LogP contribution in [0.3, 0.4) is 0 Å². The number of carbonyl (C=O) groups is 2. The quantitative estimate of drug-likeness (QED) is 0.471. The summed E-state index contributed by atoms with van der Waals surface area (Å²) in [4.78, 5) is 22.9. The van der Waals surface area contributed by atoms with Crippen molar-refractivity contribution in [1.29, 1.82) is 0 Å². The van der Waals surface area contributed by atoms with Gasteiger partial charge in [-0.25, -0.2) is 9.59 Å². The summed E-state index contributed by atoms with van der Waals surface area (Å²) >= 11 is 0. The molecule has 0 amide bonds. The molecule has 0 aliphatic rings. The van der Waals surface area contributed by atoms with E-state index in [0.717, 1.165) is 23.3 Å². The number of benzene rings is 1. The molecule has 0 spiro atoms. The Hall–Kier alpha value is -2.10. The molecule has 4 nitrogen and oxygen atoms in total. The Labute approximate surface area is 119 Å². The van der Waals surface area contributed by atoms with Crippen molar-refractivity contribution >= 4 is 11.9 Å². The summed E-state index contributed by atoms with van der Waals surface area (Å²) in [5, 5.41) is 0. The van der Waals surface area contributed by atoms with Crippen LogP contribution in [0.1, 0.15) is 25.0 Å². The Morgan fingerprint density at radius 1 is 1.05 bits per heavy atom. The molecule has 0 saturated carbocycles. The Morgan fingerprint density at radius 3 is 2.15 bits per heavy atom. The molecule has 0 aromatic heterocycles. The minimum absolute atomic E-state index is 0.259. The molecule has 0 N–H and O–H groups in total. The van der Waals surface area contributed by atoms with Gasteiger partial charge >= 0.3 is 11.9 Å². The van der Waals surface area contributed by atoms with Gasteiger partial charge in [0.1, 0.15) is 5.75 Å². The van der Waals surface area contributed by atoms with E-state index in [-0.39, 0.29) is 5.92 Å². The first-order valence-corrected chi connectivity index (χ1v) is 6.51. The molecule has 0 atom stereocenters. The highest BCUT2D eigenvalue weighted by molar-refractivity contribution is 5.92. The zero-order chi connectivity index (χ0) is 15.1. The molecule has 0 radical (unpaired) electrons. The van der Waals surface area contributed by atoms with Crippen molar-refractivity contribution in [2.45, 2.75) is 27.7 Å². The lowest BCUT2D eigenvalue weighted by atomic mass is 10.1. The molecule has 0 heterocycles.